The minimum absolute atomic E-state index is 0.131. The third-order valence-electron chi connectivity index (χ3n) is 5.35. The molecule has 0 spiro atoms. The van der Waals surface area contributed by atoms with Crippen molar-refractivity contribution in [1.29, 1.82) is 0 Å². The van der Waals surface area contributed by atoms with Gasteiger partial charge < -0.3 is 0 Å². The van der Waals surface area contributed by atoms with E-state index in [1.807, 2.05) is 0 Å². The summed E-state index contributed by atoms with van der Waals surface area (Å²) in [5.74, 6) is -2.55. The van der Waals surface area contributed by atoms with Crippen LogP contribution in [0.1, 0.15) is 69.8 Å². The monoisotopic (exact) mass is 308 g/mol. The van der Waals surface area contributed by atoms with Gasteiger partial charge >= 0.3 is 0 Å². The summed E-state index contributed by atoms with van der Waals surface area (Å²) in [6.45, 7) is 2.23. The van der Waals surface area contributed by atoms with Crippen LogP contribution in [0.4, 0.5) is 13.2 Å². The van der Waals surface area contributed by atoms with Crippen LogP contribution in [-0.4, -0.2) is 0 Å². The van der Waals surface area contributed by atoms with Gasteiger partial charge in [0.05, 0.1) is 0 Å². The van der Waals surface area contributed by atoms with Gasteiger partial charge in [0.2, 0.25) is 0 Å². The number of allylic oxidation sites excluding steroid dienone is 2. The van der Waals surface area contributed by atoms with Crippen LogP contribution in [0, 0.1) is 23.4 Å². The molecular weight excluding hydrogens is 285 g/mol. The van der Waals surface area contributed by atoms with Crippen LogP contribution < -0.4 is 0 Å². The molecule has 0 N–H and O–H groups in total. The molecule has 2 aliphatic rings. The number of hydrogen-bond donors (Lipinski definition) is 0. The Kier molecular flexibility index (Phi) is 4.60. The fraction of sp³-hybridized carbons (Fsp3) is 0.579. The molecule has 0 saturated heterocycles. The summed E-state index contributed by atoms with van der Waals surface area (Å²) in [5, 5.41) is 0. The number of rotatable bonds is 3. The van der Waals surface area contributed by atoms with Crippen molar-refractivity contribution in [2.24, 2.45) is 5.92 Å². The highest BCUT2D eigenvalue weighted by molar-refractivity contribution is 5.30. The second kappa shape index (κ2) is 6.47. The van der Waals surface area contributed by atoms with Gasteiger partial charge in [-0.3, -0.25) is 0 Å². The second-order valence-electron chi connectivity index (χ2n) is 6.84. The Morgan fingerprint density at radius 2 is 1.59 bits per heavy atom. The third kappa shape index (κ3) is 3.09. The van der Waals surface area contributed by atoms with Gasteiger partial charge in [0, 0.05) is 0 Å². The molecule has 1 aromatic rings. The largest absolute Gasteiger partial charge is 0.204 e. The van der Waals surface area contributed by atoms with Gasteiger partial charge in [-0.2, -0.15) is 0 Å². The van der Waals surface area contributed by atoms with Gasteiger partial charge in [0.25, 0.3) is 0 Å². The first-order valence-corrected chi connectivity index (χ1v) is 8.42. The van der Waals surface area contributed by atoms with Crippen LogP contribution in [0.15, 0.2) is 23.3 Å². The zero-order chi connectivity index (χ0) is 15.7. The molecule has 120 valence electrons. The Hall–Kier alpha value is -1.25. The third-order valence-corrected chi connectivity index (χ3v) is 5.35. The van der Waals surface area contributed by atoms with Gasteiger partial charge in [0.1, 0.15) is 0 Å². The summed E-state index contributed by atoms with van der Waals surface area (Å²) in [6, 6.07) is 2.36. The van der Waals surface area contributed by atoms with E-state index in [-0.39, 0.29) is 5.92 Å². The van der Waals surface area contributed by atoms with E-state index in [4.69, 9.17) is 0 Å². The second-order valence-corrected chi connectivity index (χ2v) is 6.84. The molecule has 1 aromatic carbocycles. The maximum atomic E-state index is 13.4. The molecule has 2 atom stereocenters. The summed E-state index contributed by atoms with van der Waals surface area (Å²) in [6.07, 6.45) is 8.95. The Morgan fingerprint density at radius 3 is 2.27 bits per heavy atom. The average molecular weight is 308 g/mol. The summed E-state index contributed by atoms with van der Waals surface area (Å²) >= 11 is 0. The van der Waals surface area contributed by atoms with Crippen molar-refractivity contribution >= 4 is 0 Å². The number of hydrogen-bond acceptors (Lipinski definition) is 0. The number of benzene rings is 1. The fourth-order valence-corrected chi connectivity index (χ4v) is 4.17. The molecule has 2 aliphatic carbocycles. The van der Waals surface area contributed by atoms with Gasteiger partial charge in [-0.25, -0.2) is 13.2 Å². The molecule has 0 aromatic heterocycles. The van der Waals surface area contributed by atoms with E-state index in [0.29, 0.717) is 5.56 Å². The molecule has 3 heteroatoms. The smallest absolute Gasteiger partial charge is 0.194 e. The Bertz CT molecular complexity index is 565. The van der Waals surface area contributed by atoms with Crippen molar-refractivity contribution in [3.8, 4) is 0 Å². The molecule has 0 heterocycles. The predicted octanol–water partition coefficient (Wildman–Crippen LogP) is 6.27. The SMILES string of the molecule is CCCC1CCC2=C(CCC(c3cc(F)c(F)c(F)c3)C2)C1. The average Bonchev–Trinajstić information content (AvgIpc) is 2.52. The van der Waals surface area contributed by atoms with E-state index in [9.17, 15) is 13.2 Å². The van der Waals surface area contributed by atoms with E-state index in [1.54, 1.807) is 5.57 Å². The van der Waals surface area contributed by atoms with Crippen molar-refractivity contribution in [3.63, 3.8) is 0 Å². The molecule has 22 heavy (non-hydrogen) atoms. The lowest BCUT2D eigenvalue weighted by Crippen LogP contribution is -2.17. The summed E-state index contributed by atoms with van der Waals surface area (Å²) in [5.41, 5.74) is 3.69. The van der Waals surface area contributed by atoms with E-state index in [2.05, 4.69) is 6.92 Å². The highest BCUT2D eigenvalue weighted by Gasteiger charge is 2.28. The Morgan fingerprint density at radius 1 is 0.955 bits per heavy atom. The molecule has 0 nitrogen and oxygen atoms in total. The maximum Gasteiger partial charge on any atom is 0.194 e. The molecule has 3 rings (SSSR count). The molecule has 0 radical (unpaired) electrons. The molecule has 0 saturated carbocycles. The van der Waals surface area contributed by atoms with Crippen molar-refractivity contribution in [1.82, 2.24) is 0 Å². The van der Waals surface area contributed by atoms with Gasteiger partial charge in [-0.15, -0.1) is 0 Å². The lowest BCUT2D eigenvalue weighted by atomic mass is 9.72. The van der Waals surface area contributed by atoms with Gasteiger partial charge in [0.15, 0.2) is 17.5 Å². The van der Waals surface area contributed by atoms with Crippen molar-refractivity contribution in [2.45, 2.75) is 64.2 Å². The van der Waals surface area contributed by atoms with Gasteiger partial charge in [-0.1, -0.05) is 30.9 Å². The summed E-state index contributed by atoms with van der Waals surface area (Å²) in [7, 11) is 0. The topological polar surface area (TPSA) is 0 Å². The first-order valence-electron chi connectivity index (χ1n) is 8.42. The number of halogens is 3. The van der Waals surface area contributed by atoms with Crippen LogP contribution >= 0.6 is 0 Å². The highest BCUT2D eigenvalue weighted by Crippen LogP contribution is 2.44. The minimum atomic E-state index is -1.36. The molecule has 0 aliphatic heterocycles. The van der Waals surface area contributed by atoms with Gasteiger partial charge in [-0.05, 0) is 68.1 Å². The Labute approximate surface area is 130 Å². The van der Waals surface area contributed by atoms with Crippen molar-refractivity contribution in [2.75, 3.05) is 0 Å². The van der Waals surface area contributed by atoms with Crippen LogP contribution in [0.5, 0.6) is 0 Å². The van der Waals surface area contributed by atoms with E-state index >= 15 is 0 Å². The van der Waals surface area contributed by atoms with E-state index in [0.717, 1.165) is 31.6 Å². The summed E-state index contributed by atoms with van der Waals surface area (Å²) in [4.78, 5) is 0. The lowest BCUT2D eigenvalue weighted by molar-refractivity contribution is 0.385. The zero-order valence-corrected chi connectivity index (χ0v) is 13.1. The lowest BCUT2D eigenvalue weighted by Gasteiger charge is -2.34. The normalized spacial score (nSPS) is 25.3. The molecule has 2 unspecified atom stereocenters. The van der Waals surface area contributed by atoms with Crippen LogP contribution in [-0.2, 0) is 0 Å². The van der Waals surface area contributed by atoms with Crippen molar-refractivity contribution in [3.05, 3.63) is 46.3 Å². The standard InChI is InChI=1S/C19H23F3/c1-2-3-12-4-5-14-9-15(7-6-13(14)8-12)16-10-17(20)19(22)18(21)11-16/h10-12,15H,2-9H2,1H3. The molecule has 0 amide bonds. The van der Waals surface area contributed by atoms with E-state index < -0.39 is 17.5 Å². The first kappa shape index (κ1) is 15.6. The quantitative estimate of drug-likeness (QED) is 0.456. The maximum absolute atomic E-state index is 13.4. The zero-order valence-electron chi connectivity index (χ0n) is 13.1. The predicted molar refractivity (Wildman–Crippen MR) is 82.2 cm³/mol. The minimum Gasteiger partial charge on any atom is -0.204 e. The van der Waals surface area contributed by atoms with Crippen LogP contribution in [0.25, 0.3) is 0 Å². The van der Waals surface area contributed by atoms with E-state index in [1.165, 1.54) is 43.4 Å². The molecular formula is C19H23F3. The highest BCUT2D eigenvalue weighted by atomic mass is 19.2. The first-order chi connectivity index (χ1) is 10.6. The van der Waals surface area contributed by atoms with Crippen LogP contribution in [0.3, 0.4) is 0 Å². The summed E-state index contributed by atoms with van der Waals surface area (Å²) < 4.78 is 40.0. The van der Waals surface area contributed by atoms with Crippen LogP contribution in [0.2, 0.25) is 0 Å². The Balaban J connectivity index is 1.75. The molecule has 0 bridgehead atoms. The van der Waals surface area contributed by atoms with Crippen molar-refractivity contribution < 1.29 is 13.2 Å². The molecule has 0 fully saturated rings. The fourth-order valence-electron chi connectivity index (χ4n) is 4.17.